The number of benzene rings is 1. The molecule has 0 spiro atoms. The highest BCUT2D eigenvalue weighted by Gasteiger charge is 2.35. The first kappa shape index (κ1) is 16.7. The molecule has 1 aromatic rings. The van der Waals surface area contributed by atoms with Gasteiger partial charge < -0.3 is 5.11 Å². The maximum absolute atomic E-state index is 12.7. The van der Waals surface area contributed by atoms with Crippen LogP contribution in [0.1, 0.15) is 36.5 Å². The van der Waals surface area contributed by atoms with Crippen molar-refractivity contribution >= 4 is 43.5 Å². The van der Waals surface area contributed by atoms with Gasteiger partial charge in [0.15, 0.2) is 0 Å². The molecule has 0 radical (unpaired) electrons. The van der Waals surface area contributed by atoms with Crippen LogP contribution in [-0.2, 0) is 10.0 Å². The Morgan fingerprint density at radius 3 is 2.76 bits per heavy atom. The smallest absolute Gasteiger partial charge is 0.337 e. The molecule has 8 heteroatoms. The van der Waals surface area contributed by atoms with E-state index in [1.807, 2.05) is 6.92 Å². The lowest BCUT2D eigenvalue weighted by Crippen LogP contribution is -2.35. The van der Waals surface area contributed by atoms with E-state index in [2.05, 4.69) is 15.9 Å². The van der Waals surface area contributed by atoms with E-state index >= 15 is 0 Å². The molecule has 0 bridgehead atoms. The Hall–Kier alpha value is -0.630. The molecule has 1 unspecified atom stereocenters. The summed E-state index contributed by atoms with van der Waals surface area (Å²) in [5.74, 6) is -1.26. The van der Waals surface area contributed by atoms with Gasteiger partial charge in [0.1, 0.15) is 0 Å². The van der Waals surface area contributed by atoms with Gasteiger partial charge in [-0.05, 0) is 47.3 Å². The molecule has 1 atom stereocenters. The molecule has 5 nitrogen and oxygen atoms in total. The molecule has 1 N–H and O–H groups in total. The van der Waals surface area contributed by atoms with Gasteiger partial charge in [-0.2, -0.15) is 4.31 Å². The summed E-state index contributed by atoms with van der Waals surface area (Å²) in [5.41, 5.74) is -0.225. The van der Waals surface area contributed by atoms with E-state index < -0.39 is 16.0 Å². The van der Waals surface area contributed by atoms with Crippen LogP contribution < -0.4 is 0 Å². The highest BCUT2D eigenvalue weighted by Crippen LogP contribution is 2.33. The molecule has 1 heterocycles. The molecule has 0 aromatic heterocycles. The number of hydrogen-bond donors (Lipinski definition) is 1. The van der Waals surface area contributed by atoms with Crippen LogP contribution in [0.3, 0.4) is 0 Å². The first-order valence-corrected chi connectivity index (χ1v) is 9.14. The molecule has 1 fully saturated rings. The van der Waals surface area contributed by atoms with Crippen molar-refractivity contribution in [1.82, 2.24) is 4.31 Å². The van der Waals surface area contributed by atoms with Crippen LogP contribution in [0.25, 0.3) is 0 Å². The zero-order chi connectivity index (χ0) is 15.8. The van der Waals surface area contributed by atoms with Gasteiger partial charge >= 0.3 is 5.97 Å². The van der Waals surface area contributed by atoms with E-state index in [0.717, 1.165) is 25.3 Å². The summed E-state index contributed by atoms with van der Waals surface area (Å²) in [6.45, 7) is 2.41. The van der Waals surface area contributed by atoms with Crippen LogP contribution in [0.5, 0.6) is 0 Å². The number of carboxylic acid groups (broad SMARTS) is 1. The molecule has 21 heavy (non-hydrogen) atoms. The molecule has 0 amide bonds. The van der Waals surface area contributed by atoms with Gasteiger partial charge in [-0.1, -0.05) is 18.5 Å². The Bertz CT molecular complexity index is 677. The highest BCUT2D eigenvalue weighted by molar-refractivity contribution is 9.10. The summed E-state index contributed by atoms with van der Waals surface area (Å²) in [6, 6.07) is 2.45. The van der Waals surface area contributed by atoms with Crippen molar-refractivity contribution in [3.8, 4) is 0 Å². The van der Waals surface area contributed by atoms with Gasteiger partial charge in [0.05, 0.1) is 15.5 Å². The van der Waals surface area contributed by atoms with Crippen molar-refractivity contribution < 1.29 is 18.3 Å². The predicted molar refractivity (Wildman–Crippen MR) is 83.3 cm³/mol. The second-order valence-electron chi connectivity index (χ2n) is 4.89. The molecule has 2 rings (SSSR count). The first-order valence-electron chi connectivity index (χ1n) is 6.53. The van der Waals surface area contributed by atoms with Gasteiger partial charge in [-0.25, -0.2) is 13.2 Å². The third-order valence-corrected chi connectivity index (χ3v) is 6.82. The molecular weight excluding hydrogens is 382 g/mol. The monoisotopic (exact) mass is 395 g/mol. The number of halogens is 2. The average molecular weight is 397 g/mol. The number of nitrogens with zero attached hydrogens (tertiary/aromatic N) is 1. The summed E-state index contributed by atoms with van der Waals surface area (Å²) < 4.78 is 27.1. The Morgan fingerprint density at radius 1 is 1.52 bits per heavy atom. The maximum atomic E-state index is 12.7. The number of aromatic carboxylic acids is 1. The quantitative estimate of drug-likeness (QED) is 0.847. The van der Waals surface area contributed by atoms with Crippen molar-refractivity contribution in [2.75, 3.05) is 6.54 Å². The van der Waals surface area contributed by atoms with Crippen LogP contribution in [0, 0.1) is 0 Å². The molecule has 0 aliphatic carbocycles. The summed E-state index contributed by atoms with van der Waals surface area (Å²) in [4.78, 5) is 11.1. The van der Waals surface area contributed by atoms with Gasteiger partial charge in [-0.3, -0.25) is 0 Å². The minimum atomic E-state index is -3.71. The fraction of sp³-hybridized carbons (Fsp3) is 0.462. The summed E-state index contributed by atoms with van der Waals surface area (Å²) >= 11 is 9.01. The fourth-order valence-electron chi connectivity index (χ4n) is 2.54. The Kier molecular flexibility index (Phi) is 4.97. The van der Waals surface area contributed by atoms with Crippen LogP contribution in [0.2, 0.25) is 5.02 Å². The summed E-state index contributed by atoms with van der Waals surface area (Å²) in [7, 11) is -3.71. The third kappa shape index (κ3) is 3.11. The lowest BCUT2D eigenvalue weighted by molar-refractivity contribution is 0.0696. The van der Waals surface area contributed by atoms with Crippen molar-refractivity contribution in [2.24, 2.45) is 0 Å². The van der Waals surface area contributed by atoms with Gasteiger partial charge in [0.2, 0.25) is 10.0 Å². The summed E-state index contributed by atoms with van der Waals surface area (Å²) in [5, 5.41) is 9.13. The fourth-order valence-corrected chi connectivity index (χ4v) is 5.16. The van der Waals surface area contributed by atoms with Crippen LogP contribution in [0.4, 0.5) is 0 Å². The lowest BCUT2D eigenvalue weighted by atomic mass is 10.2. The second-order valence-corrected chi connectivity index (χ2v) is 8.01. The van der Waals surface area contributed by atoms with Gasteiger partial charge in [0, 0.05) is 17.1 Å². The largest absolute Gasteiger partial charge is 0.478 e. The van der Waals surface area contributed by atoms with E-state index in [-0.39, 0.29) is 26.0 Å². The van der Waals surface area contributed by atoms with E-state index in [1.54, 1.807) is 0 Å². The molecule has 116 valence electrons. The van der Waals surface area contributed by atoms with E-state index in [4.69, 9.17) is 16.7 Å². The molecule has 1 aliphatic heterocycles. The second kappa shape index (κ2) is 6.24. The van der Waals surface area contributed by atoms with E-state index in [1.165, 1.54) is 10.4 Å². The maximum Gasteiger partial charge on any atom is 0.337 e. The number of rotatable bonds is 4. The molecule has 0 saturated carbocycles. The number of sulfonamides is 1. The Balaban J connectivity index is 2.53. The standard InChI is InChI=1S/C13H15BrClNO4S/c1-2-8-4-3-5-16(8)21(19,20)9-6-10(13(17)18)12(15)11(14)7-9/h6-8H,2-5H2,1H3,(H,17,18). The van der Waals surface area contributed by atoms with Crippen LogP contribution >= 0.6 is 27.5 Å². The molecular formula is C13H15BrClNO4S. The summed E-state index contributed by atoms with van der Waals surface area (Å²) in [6.07, 6.45) is 2.38. The predicted octanol–water partition coefficient (Wildman–Crippen LogP) is 3.36. The van der Waals surface area contributed by atoms with Crippen molar-refractivity contribution in [3.05, 3.63) is 27.2 Å². The van der Waals surface area contributed by atoms with E-state index in [9.17, 15) is 13.2 Å². The average Bonchev–Trinajstić information content (AvgIpc) is 2.90. The molecule has 1 aliphatic rings. The highest BCUT2D eigenvalue weighted by atomic mass is 79.9. The first-order chi connectivity index (χ1) is 9.78. The number of carbonyl (C=O) groups is 1. The van der Waals surface area contributed by atoms with E-state index in [0.29, 0.717) is 6.54 Å². The number of carboxylic acids is 1. The van der Waals surface area contributed by atoms with Crippen LogP contribution in [-0.4, -0.2) is 36.4 Å². The zero-order valence-electron chi connectivity index (χ0n) is 11.3. The minimum Gasteiger partial charge on any atom is -0.478 e. The Morgan fingerprint density at radius 2 is 2.19 bits per heavy atom. The minimum absolute atomic E-state index is 0.00471. The van der Waals surface area contributed by atoms with Gasteiger partial charge in [0.25, 0.3) is 0 Å². The zero-order valence-corrected chi connectivity index (χ0v) is 14.5. The van der Waals surface area contributed by atoms with Gasteiger partial charge in [-0.15, -0.1) is 0 Å². The lowest BCUT2D eigenvalue weighted by Gasteiger charge is -2.23. The normalized spacial score (nSPS) is 19.9. The van der Waals surface area contributed by atoms with Crippen molar-refractivity contribution in [2.45, 2.75) is 37.1 Å². The molecule has 1 aromatic carbocycles. The number of hydrogen-bond acceptors (Lipinski definition) is 3. The third-order valence-electron chi connectivity index (χ3n) is 3.63. The topological polar surface area (TPSA) is 74.7 Å². The van der Waals surface area contributed by atoms with Crippen molar-refractivity contribution in [1.29, 1.82) is 0 Å². The van der Waals surface area contributed by atoms with Crippen LogP contribution in [0.15, 0.2) is 21.5 Å². The SMILES string of the molecule is CCC1CCCN1S(=O)(=O)c1cc(Br)c(Cl)c(C(=O)O)c1. The molecule has 1 saturated heterocycles. The van der Waals surface area contributed by atoms with Crippen molar-refractivity contribution in [3.63, 3.8) is 0 Å². The Labute approximate surface area is 137 Å².